The summed E-state index contributed by atoms with van der Waals surface area (Å²) < 4.78 is 7.55. The molecular weight excluding hydrogens is 304 g/mol. The maximum atomic E-state index is 10.8. The summed E-state index contributed by atoms with van der Waals surface area (Å²) in [6, 6.07) is 7.87. The van der Waals surface area contributed by atoms with Crippen molar-refractivity contribution in [3.8, 4) is 17.0 Å². The van der Waals surface area contributed by atoms with Crippen LogP contribution in [0.2, 0.25) is 0 Å². The Bertz CT molecular complexity index is 648. The van der Waals surface area contributed by atoms with Crippen molar-refractivity contribution in [2.45, 2.75) is 44.8 Å². The molecule has 0 spiro atoms. The van der Waals surface area contributed by atoms with Crippen LogP contribution in [-0.2, 0) is 6.54 Å². The third-order valence-corrected chi connectivity index (χ3v) is 4.38. The van der Waals surface area contributed by atoms with E-state index in [1.165, 1.54) is 0 Å². The molecule has 3 rings (SSSR count). The van der Waals surface area contributed by atoms with Gasteiger partial charge in [-0.25, -0.2) is 4.68 Å². The maximum Gasteiger partial charge on any atom is 0.128 e. The molecule has 2 N–H and O–H groups in total. The van der Waals surface area contributed by atoms with Crippen LogP contribution in [0.5, 0.6) is 5.75 Å². The van der Waals surface area contributed by atoms with Crippen LogP contribution in [-0.4, -0.2) is 45.4 Å². The zero-order valence-electron chi connectivity index (χ0n) is 14.2. The van der Waals surface area contributed by atoms with E-state index in [-0.39, 0.29) is 0 Å². The molecule has 0 saturated carbocycles. The molecule has 1 aliphatic rings. The molecule has 1 aromatic carbocycles. The average Bonchev–Trinajstić information content (AvgIpc) is 2.93. The molecule has 1 aliphatic heterocycles. The number of ether oxygens (including phenoxy) is 1. The quantitative estimate of drug-likeness (QED) is 0.850. The summed E-state index contributed by atoms with van der Waals surface area (Å²) in [5.41, 5.74) is 0.996. The molecule has 6 nitrogen and oxygen atoms in total. The Morgan fingerprint density at radius 2 is 2.17 bits per heavy atom. The molecule has 0 amide bonds. The predicted octanol–water partition coefficient (Wildman–Crippen LogP) is 2.24. The molecule has 130 valence electrons. The van der Waals surface area contributed by atoms with Gasteiger partial charge >= 0.3 is 0 Å². The lowest BCUT2D eigenvalue weighted by atomic mass is 9.95. The van der Waals surface area contributed by atoms with Crippen LogP contribution in [0.25, 0.3) is 11.3 Å². The molecule has 0 radical (unpaired) electrons. The summed E-state index contributed by atoms with van der Waals surface area (Å²) >= 11 is 0. The topological polar surface area (TPSA) is 72.2 Å². The number of hydrogen-bond donors (Lipinski definition) is 2. The van der Waals surface area contributed by atoms with E-state index >= 15 is 0 Å². The lowest BCUT2D eigenvalue weighted by Gasteiger charge is -2.25. The van der Waals surface area contributed by atoms with E-state index in [4.69, 9.17) is 4.74 Å². The number of benzene rings is 1. The molecule has 0 bridgehead atoms. The zero-order valence-corrected chi connectivity index (χ0v) is 14.2. The van der Waals surface area contributed by atoms with E-state index in [2.05, 4.69) is 22.6 Å². The van der Waals surface area contributed by atoms with Crippen molar-refractivity contribution in [3.63, 3.8) is 0 Å². The minimum Gasteiger partial charge on any atom is -0.493 e. The van der Waals surface area contributed by atoms with E-state index in [0.29, 0.717) is 13.2 Å². The van der Waals surface area contributed by atoms with Crippen LogP contribution >= 0.6 is 0 Å². The van der Waals surface area contributed by atoms with Crippen molar-refractivity contribution >= 4 is 0 Å². The van der Waals surface area contributed by atoms with Gasteiger partial charge in [-0.1, -0.05) is 24.3 Å². The summed E-state index contributed by atoms with van der Waals surface area (Å²) in [7, 11) is 0. The Morgan fingerprint density at radius 1 is 1.29 bits per heavy atom. The number of aliphatic hydroxyl groups is 1. The van der Waals surface area contributed by atoms with Gasteiger partial charge in [0.1, 0.15) is 11.4 Å². The second-order valence-corrected chi connectivity index (χ2v) is 6.47. The summed E-state index contributed by atoms with van der Waals surface area (Å²) in [5.74, 6) is 0.823. The van der Waals surface area contributed by atoms with E-state index in [9.17, 15) is 5.11 Å². The predicted molar refractivity (Wildman–Crippen MR) is 92.9 cm³/mol. The number of nitrogens with zero attached hydrogens (tertiary/aromatic N) is 3. The van der Waals surface area contributed by atoms with Gasteiger partial charge in [0, 0.05) is 5.56 Å². The van der Waals surface area contributed by atoms with Crippen molar-refractivity contribution in [1.29, 1.82) is 0 Å². The largest absolute Gasteiger partial charge is 0.493 e. The molecule has 1 fully saturated rings. The van der Waals surface area contributed by atoms with Crippen molar-refractivity contribution in [3.05, 3.63) is 30.5 Å². The highest BCUT2D eigenvalue weighted by molar-refractivity contribution is 5.66. The van der Waals surface area contributed by atoms with Crippen LogP contribution in [0.1, 0.15) is 32.6 Å². The first-order valence-electron chi connectivity index (χ1n) is 8.76. The molecule has 2 aromatic rings. The first-order valence-corrected chi connectivity index (χ1v) is 8.76. The van der Waals surface area contributed by atoms with E-state index in [0.717, 1.165) is 55.8 Å². The number of hydrogen-bond acceptors (Lipinski definition) is 5. The van der Waals surface area contributed by atoms with Gasteiger partial charge in [0.25, 0.3) is 0 Å². The minimum atomic E-state index is -0.716. The zero-order chi connectivity index (χ0) is 16.8. The molecule has 2 heterocycles. The Labute approximate surface area is 142 Å². The summed E-state index contributed by atoms with van der Waals surface area (Å²) in [6.07, 6.45) is 5.35. The van der Waals surface area contributed by atoms with Gasteiger partial charge in [0.2, 0.25) is 0 Å². The summed E-state index contributed by atoms with van der Waals surface area (Å²) in [4.78, 5) is 0. The van der Waals surface area contributed by atoms with E-state index < -0.39 is 5.60 Å². The fourth-order valence-electron chi connectivity index (χ4n) is 3.09. The third kappa shape index (κ3) is 4.13. The highest BCUT2D eigenvalue weighted by Crippen LogP contribution is 2.29. The first-order chi connectivity index (χ1) is 11.7. The smallest absolute Gasteiger partial charge is 0.128 e. The Hall–Kier alpha value is -1.92. The fourth-order valence-corrected chi connectivity index (χ4v) is 3.09. The molecule has 1 aromatic heterocycles. The van der Waals surface area contributed by atoms with E-state index in [1.54, 1.807) is 4.68 Å². The lowest BCUT2D eigenvalue weighted by Crippen LogP contribution is -2.35. The van der Waals surface area contributed by atoms with Crippen molar-refractivity contribution in [2.75, 3.05) is 19.7 Å². The average molecular weight is 330 g/mol. The van der Waals surface area contributed by atoms with Crippen LogP contribution in [0, 0.1) is 0 Å². The van der Waals surface area contributed by atoms with Gasteiger partial charge in [0.05, 0.1) is 24.9 Å². The highest BCUT2D eigenvalue weighted by atomic mass is 16.5. The Balaban J connectivity index is 1.76. The number of nitrogens with one attached hydrogen (secondary N) is 1. The molecule has 1 saturated heterocycles. The number of para-hydroxylation sites is 1. The fraction of sp³-hybridized carbons (Fsp3) is 0.556. The van der Waals surface area contributed by atoms with Gasteiger partial charge in [-0.2, -0.15) is 0 Å². The third-order valence-electron chi connectivity index (χ3n) is 4.38. The maximum absolute atomic E-state index is 10.8. The summed E-state index contributed by atoms with van der Waals surface area (Å²) in [5, 5.41) is 22.6. The minimum absolute atomic E-state index is 0.472. The first kappa shape index (κ1) is 16.9. The van der Waals surface area contributed by atoms with Crippen LogP contribution in [0.4, 0.5) is 0 Å². The standard InChI is InChI=1S/C18H26N4O2/c1-2-12-24-17-7-4-3-6-15(17)16-13-22(21-20-16)14-18(23)8-5-10-19-11-9-18/h3-4,6-7,13,19,23H,2,5,8-12,14H2,1H3. The molecular formula is C18H26N4O2. The SMILES string of the molecule is CCCOc1ccccc1-c1cn(CC2(O)CCCNCC2)nn1. The molecule has 1 unspecified atom stereocenters. The second-order valence-electron chi connectivity index (χ2n) is 6.47. The number of rotatable bonds is 6. The van der Waals surface area contributed by atoms with Crippen LogP contribution in [0.3, 0.4) is 0 Å². The van der Waals surface area contributed by atoms with Crippen LogP contribution in [0.15, 0.2) is 30.5 Å². The second kappa shape index (κ2) is 7.77. The normalized spacial score (nSPS) is 21.4. The van der Waals surface area contributed by atoms with Crippen molar-refractivity contribution in [1.82, 2.24) is 20.3 Å². The van der Waals surface area contributed by atoms with Crippen molar-refractivity contribution < 1.29 is 9.84 Å². The summed E-state index contributed by atoms with van der Waals surface area (Å²) in [6.45, 7) is 5.04. The highest BCUT2D eigenvalue weighted by Gasteiger charge is 2.29. The van der Waals surface area contributed by atoms with Gasteiger partial charge in [-0.3, -0.25) is 0 Å². The molecule has 6 heteroatoms. The monoisotopic (exact) mass is 330 g/mol. The lowest BCUT2D eigenvalue weighted by molar-refractivity contribution is 0.00752. The Morgan fingerprint density at radius 3 is 3.04 bits per heavy atom. The molecule has 24 heavy (non-hydrogen) atoms. The van der Waals surface area contributed by atoms with Gasteiger partial charge in [0.15, 0.2) is 0 Å². The van der Waals surface area contributed by atoms with Gasteiger partial charge < -0.3 is 15.2 Å². The van der Waals surface area contributed by atoms with Gasteiger partial charge in [-0.15, -0.1) is 5.10 Å². The van der Waals surface area contributed by atoms with Crippen LogP contribution < -0.4 is 10.1 Å². The molecule has 1 atom stereocenters. The van der Waals surface area contributed by atoms with Crippen molar-refractivity contribution in [2.24, 2.45) is 0 Å². The van der Waals surface area contributed by atoms with Gasteiger partial charge in [-0.05, 0) is 50.9 Å². The van der Waals surface area contributed by atoms with E-state index in [1.807, 2.05) is 30.5 Å². The number of aromatic nitrogens is 3. The Kier molecular flexibility index (Phi) is 5.48. The molecule has 0 aliphatic carbocycles.